The van der Waals surface area contributed by atoms with Gasteiger partial charge in [-0.05, 0) is 44.7 Å². The summed E-state index contributed by atoms with van der Waals surface area (Å²) in [6, 6.07) is 8.15. The van der Waals surface area contributed by atoms with E-state index in [1.807, 2.05) is 23.1 Å². The van der Waals surface area contributed by atoms with E-state index in [0.29, 0.717) is 6.54 Å². The maximum atomic E-state index is 12.8. The molecule has 0 saturated carbocycles. The van der Waals surface area contributed by atoms with Gasteiger partial charge in [-0.25, -0.2) is 0 Å². The Bertz CT molecular complexity index is 636. The van der Waals surface area contributed by atoms with Crippen molar-refractivity contribution in [1.82, 2.24) is 9.80 Å². The van der Waals surface area contributed by atoms with Crippen molar-refractivity contribution in [2.24, 2.45) is 0 Å². The zero-order valence-electron chi connectivity index (χ0n) is 16.1. The minimum Gasteiger partial charge on any atom is -0.495 e. The summed E-state index contributed by atoms with van der Waals surface area (Å²) in [6.07, 6.45) is 6.86. The number of amides is 1. The smallest absolute Gasteiger partial charge is 0.240 e. The lowest BCUT2D eigenvalue weighted by molar-refractivity contribution is -0.130. The summed E-state index contributed by atoms with van der Waals surface area (Å²) in [5, 5.41) is 0. The summed E-state index contributed by atoms with van der Waals surface area (Å²) in [6.45, 7) is 7.01. The van der Waals surface area contributed by atoms with Gasteiger partial charge < -0.3 is 14.5 Å². The van der Waals surface area contributed by atoms with E-state index in [0.717, 1.165) is 57.0 Å². The van der Waals surface area contributed by atoms with Gasteiger partial charge in [-0.2, -0.15) is 0 Å². The highest BCUT2D eigenvalue weighted by Gasteiger charge is 2.24. The molecule has 0 spiro atoms. The van der Waals surface area contributed by atoms with Gasteiger partial charge in [-0.15, -0.1) is 0 Å². The lowest BCUT2D eigenvalue weighted by Crippen LogP contribution is -2.50. The van der Waals surface area contributed by atoms with Gasteiger partial charge in [-0.1, -0.05) is 18.2 Å². The number of hydrogen-bond acceptors (Lipinski definition) is 4. The fourth-order valence-electron chi connectivity index (χ4n) is 3.92. The number of rotatable bonds is 6. The van der Waals surface area contributed by atoms with Crippen LogP contribution in [0.25, 0.3) is 0 Å². The van der Waals surface area contributed by atoms with Crippen LogP contribution in [0.15, 0.2) is 36.0 Å². The first-order chi connectivity index (χ1) is 12.7. The number of carbonyl (C=O) groups excluding carboxylic acids is 1. The summed E-state index contributed by atoms with van der Waals surface area (Å²) in [5.41, 5.74) is 2.37. The molecule has 1 aromatic rings. The van der Waals surface area contributed by atoms with Crippen molar-refractivity contribution in [2.75, 3.05) is 51.3 Å². The van der Waals surface area contributed by atoms with Crippen LogP contribution in [0.1, 0.15) is 32.6 Å². The Hall–Kier alpha value is -2.01. The lowest BCUT2D eigenvalue weighted by Gasteiger charge is -2.37. The molecule has 142 valence electrons. The molecule has 1 heterocycles. The van der Waals surface area contributed by atoms with Crippen molar-refractivity contribution in [3.63, 3.8) is 0 Å². The van der Waals surface area contributed by atoms with Crippen LogP contribution in [0.3, 0.4) is 0 Å². The van der Waals surface area contributed by atoms with Gasteiger partial charge in [0.25, 0.3) is 0 Å². The molecular weight excluding hydrogens is 326 g/mol. The molecule has 0 bridgehead atoms. The lowest BCUT2D eigenvalue weighted by atomic mass is 10.0. The Kier molecular flexibility index (Phi) is 6.56. The summed E-state index contributed by atoms with van der Waals surface area (Å²) < 4.78 is 5.48. The number of anilines is 1. The Morgan fingerprint density at radius 3 is 2.58 bits per heavy atom. The second-order valence-corrected chi connectivity index (χ2v) is 7.01. The van der Waals surface area contributed by atoms with Crippen molar-refractivity contribution in [1.29, 1.82) is 0 Å². The highest BCUT2D eigenvalue weighted by molar-refractivity contribution is 5.80. The van der Waals surface area contributed by atoms with Crippen molar-refractivity contribution in [3.05, 3.63) is 36.0 Å². The van der Waals surface area contributed by atoms with E-state index in [9.17, 15) is 4.79 Å². The fourth-order valence-corrected chi connectivity index (χ4v) is 3.92. The minimum atomic E-state index is 0.242. The molecule has 1 saturated heterocycles. The van der Waals surface area contributed by atoms with E-state index < -0.39 is 0 Å². The van der Waals surface area contributed by atoms with Crippen molar-refractivity contribution >= 4 is 11.6 Å². The van der Waals surface area contributed by atoms with Crippen LogP contribution < -0.4 is 9.64 Å². The molecule has 1 aromatic carbocycles. The topological polar surface area (TPSA) is 36.0 Å². The van der Waals surface area contributed by atoms with Gasteiger partial charge in [0, 0.05) is 38.4 Å². The largest absolute Gasteiger partial charge is 0.495 e. The Morgan fingerprint density at radius 2 is 1.92 bits per heavy atom. The minimum absolute atomic E-state index is 0.242. The zero-order chi connectivity index (χ0) is 18.4. The molecule has 1 aliphatic carbocycles. The van der Waals surface area contributed by atoms with Crippen LogP contribution in [0, 0.1) is 0 Å². The second-order valence-electron chi connectivity index (χ2n) is 7.01. The van der Waals surface area contributed by atoms with Gasteiger partial charge in [-0.3, -0.25) is 9.69 Å². The van der Waals surface area contributed by atoms with E-state index >= 15 is 0 Å². The third-order valence-electron chi connectivity index (χ3n) is 5.39. The van der Waals surface area contributed by atoms with E-state index in [1.54, 1.807) is 7.11 Å². The number of carbonyl (C=O) groups is 1. The van der Waals surface area contributed by atoms with E-state index in [1.165, 1.54) is 18.5 Å². The Morgan fingerprint density at radius 1 is 1.15 bits per heavy atom. The number of benzene rings is 1. The number of likely N-dealkylation sites (N-methyl/N-ethyl adjacent to an activating group) is 1. The zero-order valence-corrected chi connectivity index (χ0v) is 16.1. The fraction of sp³-hybridized carbons (Fsp3) is 0.571. The quantitative estimate of drug-likeness (QED) is 0.784. The number of nitrogens with zero attached hydrogens (tertiary/aromatic N) is 3. The maximum Gasteiger partial charge on any atom is 0.240 e. The van der Waals surface area contributed by atoms with Crippen LogP contribution in [0.4, 0.5) is 5.69 Å². The van der Waals surface area contributed by atoms with Crippen LogP contribution in [0.2, 0.25) is 0 Å². The molecule has 26 heavy (non-hydrogen) atoms. The van der Waals surface area contributed by atoms with Crippen molar-refractivity contribution in [2.45, 2.75) is 32.6 Å². The highest BCUT2D eigenvalue weighted by Crippen LogP contribution is 2.28. The first kappa shape index (κ1) is 18.8. The second kappa shape index (κ2) is 9.08. The predicted molar refractivity (Wildman–Crippen MR) is 106 cm³/mol. The molecule has 1 fully saturated rings. The average Bonchev–Trinajstić information content (AvgIpc) is 2.70. The molecule has 5 heteroatoms. The van der Waals surface area contributed by atoms with Crippen molar-refractivity contribution in [3.8, 4) is 5.75 Å². The molecule has 1 aliphatic heterocycles. The molecule has 2 aliphatic rings. The van der Waals surface area contributed by atoms with Crippen molar-refractivity contribution < 1.29 is 9.53 Å². The van der Waals surface area contributed by atoms with Crippen LogP contribution in [-0.2, 0) is 4.79 Å². The molecule has 3 rings (SSSR count). The van der Waals surface area contributed by atoms with Crippen LogP contribution in [0.5, 0.6) is 5.75 Å². The predicted octanol–water partition coefficient (Wildman–Crippen LogP) is 3.12. The van der Waals surface area contributed by atoms with Crippen LogP contribution in [-0.4, -0.2) is 62.1 Å². The summed E-state index contributed by atoms with van der Waals surface area (Å²) >= 11 is 0. The average molecular weight is 357 g/mol. The maximum absolute atomic E-state index is 12.8. The van der Waals surface area contributed by atoms with Gasteiger partial charge >= 0.3 is 0 Å². The molecule has 1 amide bonds. The molecule has 0 radical (unpaired) electrons. The SMILES string of the molecule is CCN(C(=O)CN1CCN(c2ccccc2OC)CC1)C1=CCCCC1. The number of hydrogen-bond donors (Lipinski definition) is 0. The monoisotopic (exact) mass is 357 g/mol. The van der Waals surface area contributed by atoms with E-state index in [-0.39, 0.29) is 5.91 Å². The first-order valence-electron chi connectivity index (χ1n) is 9.82. The summed E-state index contributed by atoms with van der Waals surface area (Å²) in [4.78, 5) is 19.4. The molecule has 0 aromatic heterocycles. The molecule has 0 N–H and O–H groups in total. The number of allylic oxidation sites excluding steroid dienone is 2. The number of piperazine rings is 1. The molecule has 0 atom stereocenters. The molecule has 5 nitrogen and oxygen atoms in total. The van der Waals surface area contributed by atoms with Gasteiger partial charge in [0.1, 0.15) is 5.75 Å². The molecule has 0 unspecified atom stereocenters. The van der Waals surface area contributed by atoms with E-state index in [4.69, 9.17) is 4.74 Å². The Labute approximate surface area is 157 Å². The first-order valence-corrected chi connectivity index (χ1v) is 9.82. The van der Waals surface area contributed by atoms with E-state index in [2.05, 4.69) is 28.9 Å². The Balaban J connectivity index is 1.55. The number of ether oxygens (including phenoxy) is 1. The van der Waals surface area contributed by atoms with Crippen LogP contribution >= 0.6 is 0 Å². The normalized spacial score (nSPS) is 18.4. The molecular formula is C21H31N3O2. The number of para-hydroxylation sites is 2. The third kappa shape index (κ3) is 4.39. The summed E-state index contributed by atoms with van der Waals surface area (Å²) in [5.74, 6) is 1.16. The number of methoxy groups -OCH3 is 1. The standard InChI is InChI=1S/C21H31N3O2/c1-3-24(18-9-5-4-6-10-18)21(25)17-22-13-15-23(16-14-22)19-11-7-8-12-20(19)26-2/h7-9,11-12H,3-6,10,13-17H2,1-2H3. The highest BCUT2D eigenvalue weighted by atomic mass is 16.5. The van der Waals surface area contributed by atoms with Gasteiger partial charge in [0.05, 0.1) is 19.3 Å². The van der Waals surface area contributed by atoms with Gasteiger partial charge in [0.15, 0.2) is 0 Å². The van der Waals surface area contributed by atoms with Gasteiger partial charge in [0.2, 0.25) is 5.91 Å². The third-order valence-corrected chi connectivity index (χ3v) is 5.39. The summed E-state index contributed by atoms with van der Waals surface area (Å²) in [7, 11) is 1.72.